The van der Waals surface area contributed by atoms with E-state index in [1.165, 1.54) is 0 Å². The van der Waals surface area contributed by atoms with Gasteiger partial charge in [-0.25, -0.2) is 0 Å². The minimum Gasteiger partial charge on any atom is -0.392 e. The zero-order chi connectivity index (χ0) is 11.2. The van der Waals surface area contributed by atoms with Crippen molar-refractivity contribution >= 4 is 0 Å². The lowest BCUT2D eigenvalue weighted by atomic mass is 10.1. The first-order chi connectivity index (χ1) is 7.90. The summed E-state index contributed by atoms with van der Waals surface area (Å²) in [6.07, 6.45) is 4.17. The van der Waals surface area contributed by atoms with Crippen molar-refractivity contribution < 1.29 is 14.6 Å². The highest BCUT2D eigenvalue weighted by molar-refractivity contribution is 5.16. The standard InChI is InChI=1S/C13H16O3/c14-9-4-7-12-8-10-15-13(16-12)11-5-2-1-3-6-11/h1-7,12-14H,8-10H2/b7-4+/t12-,13?/m1/s1. The fourth-order valence-electron chi connectivity index (χ4n) is 1.70. The number of hydrogen-bond acceptors (Lipinski definition) is 3. The molecule has 1 aliphatic rings. The van der Waals surface area contributed by atoms with Crippen LogP contribution < -0.4 is 0 Å². The lowest BCUT2D eigenvalue weighted by Crippen LogP contribution is -2.25. The molecule has 0 aliphatic carbocycles. The molecule has 2 rings (SSSR count). The Morgan fingerprint density at radius 3 is 2.88 bits per heavy atom. The maximum absolute atomic E-state index is 8.71. The second-order valence-corrected chi connectivity index (χ2v) is 3.69. The normalized spacial score (nSPS) is 26.1. The first kappa shape index (κ1) is 11.3. The zero-order valence-electron chi connectivity index (χ0n) is 9.08. The van der Waals surface area contributed by atoms with E-state index in [0.29, 0.717) is 6.61 Å². The van der Waals surface area contributed by atoms with Crippen LogP contribution in [0.5, 0.6) is 0 Å². The van der Waals surface area contributed by atoms with Gasteiger partial charge in [-0.3, -0.25) is 0 Å². The Labute approximate surface area is 95.3 Å². The highest BCUT2D eigenvalue weighted by Gasteiger charge is 2.22. The predicted octanol–water partition coefficient (Wildman–Crippen LogP) is 2.04. The third kappa shape index (κ3) is 2.92. The van der Waals surface area contributed by atoms with E-state index in [1.807, 2.05) is 36.4 Å². The van der Waals surface area contributed by atoms with Crippen LogP contribution >= 0.6 is 0 Å². The molecule has 0 bridgehead atoms. The molecule has 3 nitrogen and oxygen atoms in total. The summed E-state index contributed by atoms with van der Waals surface area (Å²) in [5.41, 5.74) is 1.03. The van der Waals surface area contributed by atoms with Crippen molar-refractivity contribution in [3.63, 3.8) is 0 Å². The number of ether oxygens (including phenoxy) is 2. The fourth-order valence-corrected chi connectivity index (χ4v) is 1.70. The summed E-state index contributed by atoms with van der Waals surface area (Å²) >= 11 is 0. The van der Waals surface area contributed by atoms with Crippen LogP contribution in [-0.4, -0.2) is 24.4 Å². The van der Waals surface area contributed by atoms with Crippen LogP contribution in [0.3, 0.4) is 0 Å². The monoisotopic (exact) mass is 220 g/mol. The Kier molecular flexibility index (Phi) is 4.10. The van der Waals surface area contributed by atoms with Crippen LogP contribution in [0.15, 0.2) is 42.5 Å². The van der Waals surface area contributed by atoms with E-state index in [4.69, 9.17) is 14.6 Å². The van der Waals surface area contributed by atoms with E-state index in [2.05, 4.69) is 0 Å². The quantitative estimate of drug-likeness (QED) is 0.792. The number of aliphatic hydroxyl groups is 1. The molecule has 1 aromatic carbocycles. The molecule has 86 valence electrons. The van der Waals surface area contributed by atoms with Gasteiger partial charge < -0.3 is 14.6 Å². The van der Waals surface area contributed by atoms with E-state index in [9.17, 15) is 0 Å². The number of benzene rings is 1. The van der Waals surface area contributed by atoms with Gasteiger partial charge in [-0.05, 0) is 0 Å². The maximum atomic E-state index is 8.71. The van der Waals surface area contributed by atoms with Crippen molar-refractivity contribution in [2.24, 2.45) is 0 Å². The largest absolute Gasteiger partial charge is 0.392 e. The Hall–Kier alpha value is -1.16. The summed E-state index contributed by atoms with van der Waals surface area (Å²) in [5, 5.41) is 8.71. The van der Waals surface area contributed by atoms with Crippen molar-refractivity contribution in [2.45, 2.75) is 18.8 Å². The molecule has 1 fully saturated rings. The Morgan fingerprint density at radius 2 is 2.12 bits per heavy atom. The Balaban J connectivity index is 1.99. The summed E-state index contributed by atoms with van der Waals surface area (Å²) in [5.74, 6) is 0. The first-order valence-electron chi connectivity index (χ1n) is 5.49. The molecule has 0 aromatic heterocycles. The van der Waals surface area contributed by atoms with Crippen LogP contribution in [0, 0.1) is 0 Å². The summed E-state index contributed by atoms with van der Waals surface area (Å²) in [6.45, 7) is 0.733. The van der Waals surface area contributed by atoms with Gasteiger partial charge in [0.05, 0.1) is 19.3 Å². The molecule has 16 heavy (non-hydrogen) atoms. The van der Waals surface area contributed by atoms with Gasteiger partial charge in [-0.15, -0.1) is 0 Å². The van der Waals surface area contributed by atoms with Gasteiger partial charge >= 0.3 is 0 Å². The average molecular weight is 220 g/mol. The van der Waals surface area contributed by atoms with Crippen LogP contribution in [0.2, 0.25) is 0 Å². The van der Waals surface area contributed by atoms with Gasteiger partial charge in [0.25, 0.3) is 0 Å². The van der Waals surface area contributed by atoms with Crippen LogP contribution in [0.4, 0.5) is 0 Å². The minimum absolute atomic E-state index is 0.0334. The van der Waals surface area contributed by atoms with Gasteiger partial charge in [-0.1, -0.05) is 42.5 Å². The molecule has 1 saturated heterocycles. The molecule has 1 aliphatic heterocycles. The van der Waals surface area contributed by atoms with Crippen molar-refractivity contribution in [1.29, 1.82) is 0 Å². The second kappa shape index (κ2) is 5.80. The molecule has 2 atom stereocenters. The average Bonchev–Trinajstić information content (AvgIpc) is 2.38. The minimum atomic E-state index is -0.289. The van der Waals surface area contributed by atoms with Gasteiger partial charge in [0.15, 0.2) is 6.29 Å². The molecule has 1 N–H and O–H groups in total. The number of aliphatic hydroxyl groups excluding tert-OH is 1. The van der Waals surface area contributed by atoms with Crippen molar-refractivity contribution in [3.05, 3.63) is 48.0 Å². The molecule has 0 amide bonds. The zero-order valence-corrected chi connectivity index (χ0v) is 9.08. The maximum Gasteiger partial charge on any atom is 0.184 e. The third-order valence-electron chi connectivity index (χ3n) is 2.50. The topological polar surface area (TPSA) is 38.7 Å². The fraction of sp³-hybridized carbons (Fsp3) is 0.385. The van der Waals surface area contributed by atoms with Crippen LogP contribution in [0.1, 0.15) is 18.3 Å². The van der Waals surface area contributed by atoms with Gasteiger partial charge in [-0.2, -0.15) is 0 Å². The van der Waals surface area contributed by atoms with Crippen molar-refractivity contribution in [3.8, 4) is 0 Å². The Morgan fingerprint density at radius 1 is 1.31 bits per heavy atom. The molecular formula is C13H16O3. The highest BCUT2D eigenvalue weighted by atomic mass is 16.7. The van der Waals surface area contributed by atoms with E-state index in [1.54, 1.807) is 6.08 Å². The number of hydrogen-bond donors (Lipinski definition) is 1. The predicted molar refractivity (Wildman–Crippen MR) is 60.9 cm³/mol. The van der Waals surface area contributed by atoms with Gasteiger partial charge in [0.1, 0.15) is 0 Å². The molecule has 0 spiro atoms. The van der Waals surface area contributed by atoms with Gasteiger partial charge in [0, 0.05) is 12.0 Å². The van der Waals surface area contributed by atoms with E-state index in [-0.39, 0.29) is 19.0 Å². The van der Waals surface area contributed by atoms with Gasteiger partial charge in [0.2, 0.25) is 0 Å². The van der Waals surface area contributed by atoms with Crippen molar-refractivity contribution in [1.82, 2.24) is 0 Å². The molecule has 3 heteroatoms. The Bertz CT molecular complexity index is 334. The summed E-state index contributed by atoms with van der Waals surface area (Å²) in [7, 11) is 0. The smallest absolute Gasteiger partial charge is 0.184 e. The molecule has 0 radical (unpaired) electrons. The third-order valence-corrected chi connectivity index (χ3v) is 2.50. The first-order valence-corrected chi connectivity index (χ1v) is 5.49. The SMILES string of the molecule is OC/C=C/[C@@H]1CCOC(c2ccccc2)O1. The lowest BCUT2D eigenvalue weighted by molar-refractivity contribution is -0.204. The highest BCUT2D eigenvalue weighted by Crippen LogP contribution is 2.26. The van der Waals surface area contributed by atoms with E-state index < -0.39 is 0 Å². The summed E-state index contributed by atoms with van der Waals surface area (Å²) < 4.78 is 11.3. The number of rotatable bonds is 3. The van der Waals surface area contributed by atoms with Crippen molar-refractivity contribution in [2.75, 3.05) is 13.2 Å². The molecule has 1 aromatic rings. The van der Waals surface area contributed by atoms with Crippen LogP contribution in [-0.2, 0) is 9.47 Å². The molecule has 0 saturated carbocycles. The van der Waals surface area contributed by atoms with E-state index >= 15 is 0 Å². The second-order valence-electron chi connectivity index (χ2n) is 3.69. The molecule has 1 unspecified atom stereocenters. The lowest BCUT2D eigenvalue weighted by Gasteiger charge is -2.28. The summed E-state index contributed by atoms with van der Waals surface area (Å²) in [6, 6.07) is 9.88. The molecular weight excluding hydrogens is 204 g/mol. The van der Waals surface area contributed by atoms with E-state index in [0.717, 1.165) is 12.0 Å². The summed E-state index contributed by atoms with van der Waals surface area (Å²) in [4.78, 5) is 0. The van der Waals surface area contributed by atoms with Crippen LogP contribution in [0.25, 0.3) is 0 Å². The molecule has 1 heterocycles.